The first kappa shape index (κ1) is 21.1. The summed E-state index contributed by atoms with van der Waals surface area (Å²) in [6.45, 7) is 5.25. The fraction of sp³-hybridized carbons (Fsp3) is 0.381. The van der Waals surface area contributed by atoms with Crippen LogP contribution in [0.3, 0.4) is 0 Å². The third-order valence-electron chi connectivity index (χ3n) is 4.64. The van der Waals surface area contributed by atoms with Crippen molar-refractivity contribution in [2.45, 2.75) is 13.5 Å². The molecule has 1 N–H and O–H groups in total. The van der Waals surface area contributed by atoms with Crippen molar-refractivity contribution in [1.29, 1.82) is 0 Å². The maximum absolute atomic E-state index is 11.7. The van der Waals surface area contributed by atoms with Crippen molar-refractivity contribution in [3.63, 3.8) is 0 Å². The lowest BCUT2D eigenvalue weighted by atomic mass is 10.1. The van der Waals surface area contributed by atoms with E-state index >= 15 is 0 Å². The number of hydrogen-bond donors (Lipinski definition) is 1. The summed E-state index contributed by atoms with van der Waals surface area (Å²) in [5.41, 5.74) is 2.34. The molecule has 1 aliphatic heterocycles. The normalized spacial score (nSPS) is 13.8. The zero-order valence-corrected chi connectivity index (χ0v) is 17.3. The van der Waals surface area contributed by atoms with Crippen LogP contribution in [0.15, 0.2) is 30.3 Å². The Morgan fingerprint density at radius 3 is 2.69 bits per heavy atom. The number of carboxylic acid groups (broad SMARTS) is 1. The van der Waals surface area contributed by atoms with Crippen LogP contribution in [0, 0.1) is 0 Å². The first-order chi connectivity index (χ1) is 14.0. The Morgan fingerprint density at radius 1 is 1.28 bits per heavy atom. The van der Waals surface area contributed by atoms with E-state index in [9.17, 15) is 9.90 Å². The molecule has 1 saturated heterocycles. The van der Waals surface area contributed by atoms with E-state index in [4.69, 9.17) is 25.8 Å². The fourth-order valence-electron chi connectivity index (χ4n) is 3.25. The van der Waals surface area contributed by atoms with Crippen LogP contribution >= 0.6 is 11.6 Å². The molecule has 0 bridgehead atoms. The number of anilines is 2. The molecule has 2 aromatic rings. The van der Waals surface area contributed by atoms with Crippen molar-refractivity contribution in [2.24, 2.45) is 0 Å². The highest BCUT2D eigenvalue weighted by Crippen LogP contribution is 2.36. The topological polar surface area (TPSA) is 83.1 Å². The van der Waals surface area contributed by atoms with Crippen molar-refractivity contribution in [3.8, 4) is 11.5 Å². The molecule has 8 heteroatoms. The molecule has 1 aliphatic rings. The van der Waals surface area contributed by atoms with Gasteiger partial charge in [0, 0.05) is 36.6 Å². The van der Waals surface area contributed by atoms with E-state index < -0.39 is 5.97 Å². The fourth-order valence-corrected chi connectivity index (χ4v) is 3.54. The Labute approximate surface area is 175 Å². The van der Waals surface area contributed by atoms with Gasteiger partial charge in [0.1, 0.15) is 0 Å². The number of rotatable bonds is 8. The first-order valence-corrected chi connectivity index (χ1v) is 9.82. The maximum Gasteiger partial charge on any atom is 0.179 e. The van der Waals surface area contributed by atoms with E-state index in [1.807, 2.05) is 24.0 Å². The number of hydrogen-bond acceptors (Lipinski definition) is 7. The van der Waals surface area contributed by atoms with Crippen LogP contribution in [-0.4, -0.2) is 46.0 Å². The molecule has 0 radical (unpaired) electrons. The lowest BCUT2D eigenvalue weighted by Crippen LogP contribution is -2.38. The third kappa shape index (κ3) is 5.05. The molecular formula is C21H24ClN2O5-. The van der Waals surface area contributed by atoms with Crippen LogP contribution in [0.25, 0.3) is 0 Å². The minimum absolute atomic E-state index is 0.152. The van der Waals surface area contributed by atoms with Gasteiger partial charge in [0.2, 0.25) is 0 Å². The first-order valence-electron chi connectivity index (χ1n) is 9.44. The molecule has 29 heavy (non-hydrogen) atoms. The second kappa shape index (κ2) is 9.71. The number of aromatic carboxylic acids is 1. The van der Waals surface area contributed by atoms with E-state index in [0.29, 0.717) is 67.4 Å². The van der Waals surface area contributed by atoms with Crippen LogP contribution in [0.1, 0.15) is 22.8 Å². The van der Waals surface area contributed by atoms with Gasteiger partial charge in [-0.1, -0.05) is 11.6 Å². The van der Waals surface area contributed by atoms with Gasteiger partial charge in [-0.15, -0.1) is 0 Å². The second-order valence-electron chi connectivity index (χ2n) is 6.51. The Hall–Kier alpha value is -2.64. The van der Waals surface area contributed by atoms with Crippen molar-refractivity contribution >= 4 is 28.9 Å². The zero-order valence-electron chi connectivity index (χ0n) is 16.5. The highest BCUT2D eigenvalue weighted by molar-refractivity contribution is 6.32. The Bertz CT molecular complexity index is 868. The molecule has 156 valence electrons. The molecule has 1 heterocycles. The Balaban J connectivity index is 1.77. The molecule has 0 aromatic heterocycles. The van der Waals surface area contributed by atoms with Crippen LogP contribution in [0.5, 0.6) is 11.5 Å². The van der Waals surface area contributed by atoms with E-state index in [1.165, 1.54) is 0 Å². The second-order valence-corrected chi connectivity index (χ2v) is 6.92. The lowest BCUT2D eigenvalue weighted by Gasteiger charge is -2.31. The number of nitrogens with one attached hydrogen (secondary N) is 1. The van der Waals surface area contributed by atoms with Gasteiger partial charge in [-0.2, -0.15) is 0 Å². The summed E-state index contributed by atoms with van der Waals surface area (Å²) >= 11 is 6.31. The van der Waals surface area contributed by atoms with Crippen LogP contribution in [0.4, 0.5) is 11.4 Å². The van der Waals surface area contributed by atoms with Crippen molar-refractivity contribution in [1.82, 2.24) is 0 Å². The standard InChI is InChI=1S/C21H25ClN2O5/c1-3-29-20-17(22)10-14(11-19(20)27-2)13-23-15-4-5-18(16(12-15)21(25)26)24-6-8-28-9-7-24/h4-5,10-12,23H,3,6-9,13H2,1-2H3,(H,25,26)/p-1. The summed E-state index contributed by atoms with van der Waals surface area (Å²) in [4.78, 5) is 13.7. The van der Waals surface area contributed by atoms with Gasteiger partial charge in [0.25, 0.3) is 0 Å². The zero-order chi connectivity index (χ0) is 20.8. The molecule has 0 spiro atoms. The smallest absolute Gasteiger partial charge is 0.179 e. The maximum atomic E-state index is 11.7. The number of carboxylic acids is 1. The van der Waals surface area contributed by atoms with Crippen molar-refractivity contribution < 1.29 is 24.1 Å². The predicted octanol–water partition coefficient (Wildman–Crippen LogP) is 2.56. The molecule has 1 fully saturated rings. The van der Waals surface area contributed by atoms with Gasteiger partial charge in [0.15, 0.2) is 11.5 Å². The minimum atomic E-state index is -1.21. The van der Waals surface area contributed by atoms with Gasteiger partial charge in [-0.05, 0) is 42.8 Å². The molecule has 7 nitrogen and oxygen atoms in total. The van der Waals surface area contributed by atoms with Gasteiger partial charge in [-0.25, -0.2) is 0 Å². The monoisotopic (exact) mass is 419 g/mol. The largest absolute Gasteiger partial charge is 0.545 e. The summed E-state index contributed by atoms with van der Waals surface area (Å²) in [6.07, 6.45) is 0. The van der Waals surface area contributed by atoms with Crippen molar-refractivity contribution in [2.75, 3.05) is 50.2 Å². The highest BCUT2D eigenvalue weighted by atomic mass is 35.5. The number of carbonyl (C=O) groups is 1. The van der Waals surface area contributed by atoms with Gasteiger partial charge < -0.3 is 34.3 Å². The number of nitrogens with zero attached hydrogens (tertiary/aromatic N) is 1. The predicted molar refractivity (Wildman–Crippen MR) is 110 cm³/mol. The van der Waals surface area contributed by atoms with E-state index in [-0.39, 0.29) is 5.56 Å². The molecule has 0 atom stereocenters. The van der Waals surface area contributed by atoms with Crippen LogP contribution in [0.2, 0.25) is 5.02 Å². The summed E-state index contributed by atoms with van der Waals surface area (Å²) in [5, 5.41) is 15.4. The quantitative estimate of drug-likeness (QED) is 0.704. The van der Waals surface area contributed by atoms with Crippen LogP contribution < -0.4 is 24.8 Å². The Morgan fingerprint density at radius 2 is 2.03 bits per heavy atom. The lowest BCUT2D eigenvalue weighted by molar-refractivity contribution is -0.254. The number of morpholine rings is 1. The SMILES string of the molecule is CCOc1c(Cl)cc(CNc2ccc(N3CCOCC3)c(C(=O)[O-])c2)cc1OC. The third-order valence-corrected chi connectivity index (χ3v) is 4.92. The number of methoxy groups -OCH3 is 1. The number of halogens is 1. The van der Waals surface area contributed by atoms with E-state index in [1.54, 1.807) is 25.3 Å². The number of carbonyl (C=O) groups excluding carboxylic acids is 1. The average Bonchev–Trinajstić information content (AvgIpc) is 2.74. The summed E-state index contributed by atoms with van der Waals surface area (Å²) in [5.74, 6) is -0.148. The van der Waals surface area contributed by atoms with E-state index in [0.717, 1.165) is 5.56 Å². The summed E-state index contributed by atoms with van der Waals surface area (Å²) < 4.78 is 16.2. The summed E-state index contributed by atoms with van der Waals surface area (Å²) in [6, 6.07) is 8.87. The molecule has 0 unspecified atom stereocenters. The number of ether oxygens (including phenoxy) is 3. The highest BCUT2D eigenvalue weighted by Gasteiger charge is 2.16. The van der Waals surface area contributed by atoms with E-state index in [2.05, 4.69) is 5.32 Å². The Kier molecular flexibility index (Phi) is 7.06. The van der Waals surface area contributed by atoms with Gasteiger partial charge in [-0.3, -0.25) is 0 Å². The number of benzene rings is 2. The molecule has 2 aromatic carbocycles. The van der Waals surface area contributed by atoms with Gasteiger partial charge in [0.05, 0.1) is 37.9 Å². The summed E-state index contributed by atoms with van der Waals surface area (Å²) in [7, 11) is 1.56. The van der Waals surface area contributed by atoms with Gasteiger partial charge >= 0.3 is 0 Å². The molecule has 3 rings (SSSR count). The minimum Gasteiger partial charge on any atom is -0.545 e. The van der Waals surface area contributed by atoms with Crippen molar-refractivity contribution in [3.05, 3.63) is 46.5 Å². The molecular weight excluding hydrogens is 396 g/mol. The van der Waals surface area contributed by atoms with Crippen LogP contribution in [-0.2, 0) is 11.3 Å². The molecule has 0 amide bonds. The average molecular weight is 420 g/mol. The molecule has 0 saturated carbocycles. The molecule has 0 aliphatic carbocycles.